The van der Waals surface area contributed by atoms with Gasteiger partial charge in [-0.15, -0.1) is 11.3 Å². The second kappa shape index (κ2) is 8.45. The minimum Gasteiger partial charge on any atom is -0.321 e. The molecule has 3 N–H and O–H groups in total. The molecule has 1 aliphatic heterocycles. The summed E-state index contributed by atoms with van der Waals surface area (Å²) in [5.41, 5.74) is 3.28. The highest BCUT2D eigenvalue weighted by atomic mass is 79.9. The van der Waals surface area contributed by atoms with Gasteiger partial charge in [0.1, 0.15) is 32.7 Å². The van der Waals surface area contributed by atoms with Gasteiger partial charge < -0.3 is 15.1 Å². The van der Waals surface area contributed by atoms with Crippen molar-refractivity contribution in [1.29, 1.82) is 0 Å². The number of aryl methyl sites for hydroxylation is 2. The van der Waals surface area contributed by atoms with Crippen LogP contribution in [-0.4, -0.2) is 38.6 Å². The largest absolute Gasteiger partial charge is 0.321 e. The van der Waals surface area contributed by atoms with Crippen molar-refractivity contribution in [2.75, 3.05) is 38.0 Å². The molecule has 25 heavy (non-hydrogen) atoms. The molecule has 1 aromatic carbocycles. The minimum absolute atomic E-state index is 0.118. The molecular weight excluding hydrogens is 398 g/mol. The molecule has 0 radical (unpaired) electrons. The average molecular weight is 424 g/mol. The van der Waals surface area contributed by atoms with Gasteiger partial charge >= 0.3 is 0 Å². The highest BCUT2D eigenvalue weighted by molar-refractivity contribution is 9.11. The molecule has 4 nitrogen and oxygen atoms in total. The number of amides is 1. The first-order valence-electron chi connectivity index (χ1n) is 8.78. The number of benzene rings is 1. The molecule has 1 amide bonds. The van der Waals surface area contributed by atoms with E-state index in [0.29, 0.717) is 6.54 Å². The van der Waals surface area contributed by atoms with E-state index in [9.17, 15) is 4.79 Å². The minimum atomic E-state index is 0.118. The lowest BCUT2D eigenvalue weighted by molar-refractivity contribution is -1.01. The number of carbonyl (C=O) groups excluding carboxylic acids is 1. The second-order valence-electron chi connectivity index (χ2n) is 6.93. The van der Waals surface area contributed by atoms with Crippen molar-refractivity contribution in [2.24, 2.45) is 0 Å². The highest BCUT2D eigenvalue weighted by Gasteiger charge is 2.25. The molecule has 3 rings (SSSR count). The predicted molar refractivity (Wildman–Crippen MR) is 107 cm³/mol. The number of hydrogen-bond acceptors (Lipinski definition) is 2. The Morgan fingerprint density at radius 1 is 1.12 bits per heavy atom. The van der Waals surface area contributed by atoms with Crippen molar-refractivity contribution in [3.63, 3.8) is 0 Å². The van der Waals surface area contributed by atoms with Gasteiger partial charge in [-0.05, 0) is 53.5 Å². The Hall–Kier alpha value is -1.21. The fourth-order valence-electron chi connectivity index (χ4n) is 3.38. The third-order valence-electron chi connectivity index (χ3n) is 4.78. The lowest BCUT2D eigenvalue weighted by Gasteiger charge is -2.29. The number of quaternary nitrogens is 2. The molecule has 6 heteroatoms. The van der Waals surface area contributed by atoms with Crippen LogP contribution in [0.15, 0.2) is 34.1 Å². The van der Waals surface area contributed by atoms with Gasteiger partial charge in [-0.1, -0.05) is 17.7 Å². The van der Waals surface area contributed by atoms with Crippen molar-refractivity contribution in [3.8, 4) is 0 Å². The Labute approximate surface area is 162 Å². The summed E-state index contributed by atoms with van der Waals surface area (Å²) in [5.74, 6) is 0.118. The molecule has 134 valence electrons. The fraction of sp³-hybridized carbons (Fsp3) is 0.421. The molecule has 0 atom stereocenters. The first-order chi connectivity index (χ1) is 12.0. The maximum Gasteiger partial charge on any atom is 0.279 e. The molecular formula is C19H26BrN3OS+2. The summed E-state index contributed by atoms with van der Waals surface area (Å²) in [7, 11) is 0. The number of anilines is 1. The van der Waals surface area contributed by atoms with Crippen LogP contribution < -0.4 is 15.1 Å². The molecule has 1 saturated heterocycles. The van der Waals surface area contributed by atoms with E-state index in [4.69, 9.17) is 0 Å². The highest BCUT2D eigenvalue weighted by Crippen LogP contribution is 2.21. The van der Waals surface area contributed by atoms with Crippen molar-refractivity contribution in [3.05, 3.63) is 50.1 Å². The van der Waals surface area contributed by atoms with Crippen LogP contribution in [0.3, 0.4) is 0 Å². The third-order valence-corrected chi connectivity index (χ3v) is 6.41. The zero-order valence-corrected chi connectivity index (χ0v) is 17.2. The van der Waals surface area contributed by atoms with Gasteiger partial charge in [0.15, 0.2) is 6.54 Å². The van der Waals surface area contributed by atoms with E-state index in [1.807, 2.05) is 30.4 Å². The van der Waals surface area contributed by atoms with E-state index in [2.05, 4.69) is 46.4 Å². The van der Waals surface area contributed by atoms with E-state index < -0.39 is 0 Å². The summed E-state index contributed by atoms with van der Waals surface area (Å²) in [6, 6.07) is 10.5. The molecule has 0 unspecified atom stereocenters. The van der Waals surface area contributed by atoms with E-state index >= 15 is 0 Å². The Morgan fingerprint density at radius 3 is 2.48 bits per heavy atom. The van der Waals surface area contributed by atoms with Crippen LogP contribution in [0, 0.1) is 13.8 Å². The number of thiophene rings is 1. The Bertz CT molecular complexity index is 738. The number of carbonyl (C=O) groups is 1. The van der Waals surface area contributed by atoms with Gasteiger partial charge in [0.2, 0.25) is 0 Å². The standard InChI is InChI=1S/C19H24BrN3OS/c1-14-3-5-17(15(2)11-14)21-19(24)13-23-9-7-22(8-10-23)12-16-4-6-18(20)25-16/h3-6,11H,7-10,12-13H2,1-2H3,(H,21,24)/p+2. The summed E-state index contributed by atoms with van der Waals surface area (Å²) in [6.07, 6.45) is 0. The zero-order chi connectivity index (χ0) is 17.8. The molecule has 2 aromatic rings. The van der Waals surface area contributed by atoms with Crippen molar-refractivity contribution >= 4 is 38.9 Å². The van der Waals surface area contributed by atoms with E-state index in [1.54, 1.807) is 4.90 Å². The molecule has 0 aliphatic carbocycles. The monoisotopic (exact) mass is 423 g/mol. The van der Waals surface area contributed by atoms with Crippen LogP contribution in [0.5, 0.6) is 0 Å². The van der Waals surface area contributed by atoms with Crippen molar-refractivity contribution < 1.29 is 14.6 Å². The number of rotatable bonds is 5. The Balaban J connectivity index is 1.44. The maximum absolute atomic E-state index is 12.4. The van der Waals surface area contributed by atoms with Gasteiger partial charge in [0.25, 0.3) is 5.91 Å². The molecule has 0 bridgehead atoms. The van der Waals surface area contributed by atoms with Crippen LogP contribution in [0.1, 0.15) is 16.0 Å². The SMILES string of the molecule is Cc1ccc(NC(=O)C[NH+]2CC[NH+](Cc3ccc(Br)s3)CC2)c(C)c1. The Morgan fingerprint density at radius 2 is 1.84 bits per heavy atom. The van der Waals surface area contributed by atoms with Crippen LogP contribution in [0.4, 0.5) is 5.69 Å². The molecule has 0 spiro atoms. The topological polar surface area (TPSA) is 38.0 Å². The third kappa shape index (κ3) is 5.38. The number of hydrogen-bond donors (Lipinski definition) is 3. The van der Waals surface area contributed by atoms with E-state index in [1.165, 1.54) is 19.1 Å². The first kappa shape index (κ1) is 18.6. The van der Waals surface area contributed by atoms with Crippen LogP contribution in [0.25, 0.3) is 0 Å². The van der Waals surface area contributed by atoms with Gasteiger partial charge in [-0.3, -0.25) is 4.79 Å². The fourth-order valence-corrected chi connectivity index (χ4v) is 4.93. The first-order valence-corrected chi connectivity index (χ1v) is 10.4. The van der Waals surface area contributed by atoms with Crippen LogP contribution in [0.2, 0.25) is 0 Å². The quantitative estimate of drug-likeness (QED) is 0.660. The normalized spacial score (nSPS) is 20.4. The summed E-state index contributed by atoms with van der Waals surface area (Å²) in [6.45, 7) is 10.1. The van der Waals surface area contributed by atoms with Crippen LogP contribution in [-0.2, 0) is 11.3 Å². The lowest BCUT2D eigenvalue weighted by Crippen LogP contribution is -3.28. The molecule has 1 fully saturated rings. The number of piperazine rings is 1. The Kier molecular flexibility index (Phi) is 6.28. The number of halogens is 1. The second-order valence-corrected chi connectivity index (χ2v) is 9.47. The maximum atomic E-state index is 12.4. The molecule has 0 saturated carbocycles. The summed E-state index contributed by atoms with van der Waals surface area (Å²) >= 11 is 5.35. The van der Waals surface area contributed by atoms with Crippen molar-refractivity contribution in [1.82, 2.24) is 0 Å². The molecule has 2 heterocycles. The summed E-state index contributed by atoms with van der Waals surface area (Å²) in [5, 5.41) is 3.07. The summed E-state index contributed by atoms with van der Waals surface area (Å²) in [4.78, 5) is 16.8. The van der Waals surface area contributed by atoms with E-state index in [0.717, 1.165) is 44.0 Å². The molecule has 1 aliphatic rings. The van der Waals surface area contributed by atoms with Gasteiger partial charge in [0, 0.05) is 5.69 Å². The number of nitrogens with one attached hydrogen (secondary N) is 3. The van der Waals surface area contributed by atoms with Crippen LogP contribution >= 0.6 is 27.3 Å². The zero-order valence-electron chi connectivity index (χ0n) is 14.8. The van der Waals surface area contributed by atoms with Crippen molar-refractivity contribution in [2.45, 2.75) is 20.4 Å². The van der Waals surface area contributed by atoms with Gasteiger partial charge in [0.05, 0.1) is 8.66 Å². The average Bonchev–Trinajstić information content (AvgIpc) is 2.97. The van der Waals surface area contributed by atoms with Gasteiger partial charge in [-0.2, -0.15) is 0 Å². The van der Waals surface area contributed by atoms with Gasteiger partial charge in [-0.25, -0.2) is 0 Å². The smallest absolute Gasteiger partial charge is 0.279 e. The summed E-state index contributed by atoms with van der Waals surface area (Å²) < 4.78 is 1.20. The van der Waals surface area contributed by atoms with E-state index in [-0.39, 0.29) is 5.91 Å². The predicted octanol–water partition coefficient (Wildman–Crippen LogP) is 1.05. The lowest BCUT2D eigenvalue weighted by atomic mass is 10.1. The molecule has 1 aromatic heterocycles.